The van der Waals surface area contributed by atoms with Gasteiger partial charge in [-0.2, -0.15) is 13.2 Å². The summed E-state index contributed by atoms with van der Waals surface area (Å²) in [5.74, 6) is -4.35. The standard InChI is InChI=1S/C10H8F3NO4/c11-10(12,13)9(18)14-7(8(16)17)5-2-1-3-6(15)4-5/h1-4,7,15H,(H,14,18)(H,16,17). The Morgan fingerprint density at radius 2 is 1.89 bits per heavy atom. The normalized spacial score (nSPS) is 12.8. The van der Waals surface area contributed by atoms with Gasteiger partial charge in [0.2, 0.25) is 0 Å². The van der Waals surface area contributed by atoms with Crippen molar-refractivity contribution in [3.05, 3.63) is 29.8 Å². The second-order valence-electron chi connectivity index (χ2n) is 3.34. The van der Waals surface area contributed by atoms with Crippen LogP contribution >= 0.6 is 0 Å². The third-order valence-electron chi connectivity index (χ3n) is 1.98. The lowest BCUT2D eigenvalue weighted by Crippen LogP contribution is -2.41. The van der Waals surface area contributed by atoms with Gasteiger partial charge in [-0.25, -0.2) is 4.79 Å². The maximum atomic E-state index is 12.0. The van der Waals surface area contributed by atoms with E-state index in [9.17, 15) is 22.8 Å². The summed E-state index contributed by atoms with van der Waals surface area (Å²) >= 11 is 0. The van der Waals surface area contributed by atoms with Crippen molar-refractivity contribution in [2.75, 3.05) is 0 Å². The van der Waals surface area contributed by atoms with Crippen molar-refractivity contribution in [3.8, 4) is 5.75 Å². The van der Waals surface area contributed by atoms with Gasteiger partial charge in [0.15, 0.2) is 6.04 Å². The minimum atomic E-state index is -5.18. The molecule has 0 saturated heterocycles. The van der Waals surface area contributed by atoms with Crippen molar-refractivity contribution in [1.82, 2.24) is 5.32 Å². The van der Waals surface area contributed by atoms with E-state index >= 15 is 0 Å². The van der Waals surface area contributed by atoms with Gasteiger partial charge in [-0.3, -0.25) is 4.79 Å². The molecule has 8 heteroatoms. The van der Waals surface area contributed by atoms with Crippen LogP contribution in [0.3, 0.4) is 0 Å². The summed E-state index contributed by atoms with van der Waals surface area (Å²) in [7, 11) is 0. The van der Waals surface area contributed by atoms with Gasteiger partial charge >= 0.3 is 18.1 Å². The molecule has 1 atom stereocenters. The van der Waals surface area contributed by atoms with E-state index in [1.165, 1.54) is 23.5 Å². The Morgan fingerprint density at radius 1 is 1.28 bits per heavy atom. The molecule has 0 spiro atoms. The number of aromatic hydroxyl groups is 1. The maximum absolute atomic E-state index is 12.0. The fourth-order valence-electron chi connectivity index (χ4n) is 1.20. The number of carboxylic acid groups (broad SMARTS) is 1. The van der Waals surface area contributed by atoms with Crippen molar-refractivity contribution in [3.63, 3.8) is 0 Å². The van der Waals surface area contributed by atoms with E-state index in [0.717, 1.165) is 6.07 Å². The Bertz CT molecular complexity index is 472. The number of phenols is 1. The van der Waals surface area contributed by atoms with Crippen LogP contribution in [0.4, 0.5) is 13.2 Å². The second kappa shape index (κ2) is 4.94. The zero-order valence-corrected chi connectivity index (χ0v) is 8.73. The number of amides is 1. The lowest BCUT2D eigenvalue weighted by Gasteiger charge is -2.16. The number of aliphatic carboxylic acids is 1. The van der Waals surface area contributed by atoms with Crippen LogP contribution < -0.4 is 5.32 Å². The highest BCUT2D eigenvalue weighted by Crippen LogP contribution is 2.21. The number of hydrogen-bond donors (Lipinski definition) is 3. The summed E-state index contributed by atoms with van der Waals surface area (Å²) in [4.78, 5) is 21.5. The molecule has 5 nitrogen and oxygen atoms in total. The molecule has 98 valence electrons. The predicted molar refractivity (Wildman–Crippen MR) is 52.7 cm³/mol. The summed E-state index contributed by atoms with van der Waals surface area (Å²) in [6.07, 6.45) is -5.18. The topological polar surface area (TPSA) is 86.6 Å². The number of nitrogens with one attached hydrogen (secondary N) is 1. The van der Waals surface area contributed by atoms with Crippen LogP contribution in [0, 0.1) is 0 Å². The van der Waals surface area contributed by atoms with E-state index in [4.69, 9.17) is 10.2 Å². The molecule has 0 aromatic heterocycles. The van der Waals surface area contributed by atoms with E-state index < -0.39 is 24.1 Å². The van der Waals surface area contributed by atoms with Crippen molar-refractivity contribution in [1.29, 1.82) is 0 Å². The Morgan fingerprint density at radius 3 is 2.33 bits per heavy atom. The molecule has 0 fully saturated rings. The highest BCUT2D eigenvalue weighted by atomic mass is 19.4. The number of carbonyl (C=O) groups is 2. The summed E-state index contributed by atoms with van der Waals surface area (Å²) in [5.41, 5.74) is -0.167. The molecule has 0 aliphatic carbocycles. The first-order valence-corrected chi connectivity index (χ1v) is 4.61. The van der Waals surface area contributed by atoms with E-state index in [-0.39, 0.29) is 11.3 Å². The number of rotatable bonds is 3. The van der Waals surface area contributed by atoms with E-state index in [1.807, 2.05) is 0 Å². The Kier molecular flexibility index (Phi) is 3.79. The third kappa shape index (κ3) is 3.37. The molecule has 0 heterocycles. The minimum absolute atomic E-state index is 0.167. The number of hydrogen-bond acceptors (Lipinski definition) is 3. The van der Waals surface area contributed by atoms with Gasteiger partial charge in [0.25, 0.3) is 0 Å². The predicted octanol–water partition coefficient (Wildman–Crippen LogP) is 1.20. The van der Waals surface area contributed by atoms with Gasteiger partial charge < -0.3 is 15.5 Å². The number of benzene rings is 1. The van der Waals surface area contributed by atoms with Crippen LogP contribution in [-0.2, 0) is 9.59 Å². The first-order chi connectivity index (χ1) is 8.21. The summed E-state index contributed by atoms with van der Waals surface area (Å²) in [5, 5.41) is 19.2. The van der Waals surface area contributed by atoms with Crippen LogP contribution in [0.2, 0.25) is 0 Å². The molecule has 0 aliphatic heterocycles. The molecular formula is C10H8F3NO4. The number of halogens is 3. The molecular weight excluding hydrogens is 255 g/mol. The van der Waals surface area contributed by atoms with Crippen LogP contribution in [0.1, 0.15) is 11.6 Å². The number of carboxylic acids is 1. The molecule has 1 aromatic carbocycles. The first kappa shape index (κ1) is 13.8. The van der Waals surface area contributed by atoms with Crippen LogP contribution in [-0.4, -0.2) is 28.3 Å². The van der Waals surface area contributed by atoms with Gasteiger partial charge in [-0.05, 0) is 17.7 Å². The van der Waals surface area contributed by atoms with Gasteiger partial charge in [-0.15, -0.1) is 0 Å². The van der Waals surface area contributed by atoms with Crippen molar-refractivity contribution < 1.29 is 33.0 Å². The molecule has 1 rings (SSSR count). The molecule has 0 radical (unpaired) electrons. The van der Waals surface area contributed by atoms with Gasteiger partial charge in [0.05, 0.1) is 0 Å². The molecule has 1 amide bonds. The van der Waals surface area contributed by atoms with Crippen molar-refractivity contribution >= 4 is 11.9 Å². The molecule has 0 bridgehead atoms. The number of alkyl halides is 3. The monoisotopic (exact) mass is 263 g/mol. The maximum Gasteiger partial charge on any atom is 0.471 e. The fourth-order valence-corrected chi connectivity index (χ4v) is 1.20. The van der Waals surface area contributed by atoms with Crippen LogP contribution in [0.15, 0.2) is 24.3 Å². The Labute approximate surface area is 98.8 Å². The van der Waals surface area contributed by atoms with E-state index in [0.29, 0.717) is 0 Å². The molecule has 0 saturated carbocycles. The zero-order valence-electron chi connectivity index (χ0n) is 8.73. The summed E-state index contributed by atoms with van der Waals surface area (Å²) in [6.45, 7) is 0. The number of phenolic OH excluding ortho intramolecular Hbond substituents is 1. The van der Waals surface area contributed by atoms with Crippen LogP contribution in [0.25, 0.3) is 0 Å². The highest BCUT2D eigenvalue weighted by Gasteiger charge is 2.41. The summed E-state index contributed by atoms with van der Waals surface area (Å²) in [6, 6.07) is 2.71. The smallest absolute Gasteiger partial charge is 0.471 e. The average Bonchev–Trinajstić information content (AvgIpc) is 2.23. The second-order valence-corrected chi connectivity index (χ2v) is 3.34. The van der Waals surface area contributed by atoms with Gasteiger partial charge in [0, 0.05) is 0 Å². The van der Waals surface area contributed by atoms with Crippen molar-refractivity contribution in [2.45, 2.75) is 12.2 Å². The van der Waals surface area contributed by atoms with Gasteiger partial charge in [-0.1, -0.05) is 12.1 Å². The van der Waals surface area contributed by atoms with E-state index in [1.54, 1.807) is 0 Å². The van der Waals surface area contributed by atoms with Gasteiger partial charge in [0.1, 0.15) is 5.75 Å². The first-order valence-electron chi connectivity index (χ1n) is 4.61. The molecule has 1 aromatic rings. The fraction of sp³-hybridized carbons (Fsp3) is 0.200. The van der Waals surface area contributed by atoms with E-state index in [2.05, 4.69) is 0 Å². The quantitative estimate of drug-likeness (QED) is 0.764. The SMILES string of the molecule is O=C(O)C(NC(=O)C(F)(F)F)c1cccc(O)c1. The lowest BCUT2D eigenvalue weighted by molar-refractivity contribution is -0.175. The molecule has 1 unspecified atom stereocenters. The van der Waals surface area contributed by atoms with Crippen molar-refractivity contribution in [2.24, 2.45) is 0 Å². The molecule has 18 heavy (non-hydrogen) atoms. The average molecular weight is 263 g/mol. The third-order valence-corrected chi connectivity index (χ3v) is 1.98. The van der Waals surface area contributed by atoms with Crippen LogP contribution in [0.5, 0.6) is 5.75 Å². The zero-order chi connectivity index (χ0) is 13.9. The Hall–Kier alpha value is -2.25. The highest BCUT2D eigenvalue weighted by molar-refractivity contribution is 5.87. The largest absolute Gasteiger partial charge is 0.508 e. The lowest BCUT2D eigenvalue weighted by atomic mass is 10.1. The molecule has 3 N–H and O–H groups in total. The number of carbonyl (C=O) groups excluding carboxylic acids is 1. The Balaban J connectivity index is 2.98. The minimum Gasteiger partial charge on any atom is -0.508 e. The summed E-state index contributed by atoms with van der Waals surface area (Å²) < 4.78 is 36.0. The molecule has 0 aliphatic rings.